The van der Waals surface area contributed by atoms with Crippen LogP contribution in [0.25, 0.3) is 0 Å². The molecule has 0 fully saturated rings. The molecule has 2 aromatic heterocycles. The van der Waals surface area contributed by atoms with Crippen LogP contribution in [-0.4, -0.2) is 21.5 Å². The second-order valence-electron chi connectivity index (χ2n) is 5.21. The zero-order chi connectivity index (χ0) is 13.9. The number of thiazole rings is 1. The number of hydrogen-bond acceptors (Lipinski definition) is 5. The van der Waals surface area contributed by atoms with Gasteiger partial charge in [0.1, 0.15) is 16.6 Å². The highest BCUT2D eigenvalue weighted by molar-refractivity contribution is 7.09. The summed E-state index contributed by atoms with van der Waals surface area (Å²) in [5, 5.41) is 6.58. The Bertz CT molecular complexity index is 606. The van der Waals surface area contributed by atoms with Crippen LogP contribution in [0, 0.1) is 6.92 Å². The smallest absolute Gasteiger partial charge is 0.137 e. The van der Waals surface area contributed by atoms with Gasteiger partial charge in [0.2, 0.25) is 0 Å². The topological polar surface area (TPSA) is 50.7 Å². The minimum Gasteiger partial charge on any atom is -0.370 e. The highest BCUT2D eigenvalue weighted by atomic mass is 32.1. The van der Waals surface area contributed by atoms with E-state index in [2.05, 4.69) is 22.6 Å². The summed E-state index contributed by atoms with van der Waals surface area (Å²) in [6, 6.07) is 0. The fourth-order valence-electron chi connectivity index (χ4n) is 2.66. The summed E-state index contributed by atoms with van der Waals surface area (Å²) in [5.41, 5.74) is 3.65. The summed E-state index contributed by atoms with van der Waals surface area (Å²) < 4.78 is 0. The van der Waals surface area contributed by atoms with Gasteiger partial charge in [0.15, 0.2) is 0 Å². The SMILES string of the molecule is CCNc1nc(Cc2nc(C)cs2)nc2c1CCCC2. The quantitative estimate of drug-likeness (QED) is 0.939. The van der Waals surface area contributed by atoms with Gasteiger partial charge < -0.3 is 5.32 Å². The third-order valence-electron chi connectivity index (χ3n) is 3.55. The Kier molecular flexibility index (Phi) is 3.96. The summed E-state index contributed by atoms with van der Waals surface area (Å²) in [6.45, 7) is 5.04. The molecule has 1 aliphatic rings. The number of rotatable bonds is 4. The molecule has 0 bridgehead atoms. The lowest BCUT2D eigenvalue weighted by molar-refractivity contribution is 0.657. The van der Waals surface area contributed by atoms with Crippen molar-refractivity contribution in [3.05, 3.63) is 33.2 Å². The zero-order valence-corrected chi connectivity index (χ0v) is 12.9. The van der Waals surface area contributed by atoms with Crippen molar-refractivity contribution in [2.24, 2.45) is 0 Å². The van der Waals surface area contributed by atoms with Crippen LogP contribution in [0.2, 0.25) is 0 Å². The van der Waals surface area contributed by atoms with Gasteiger partial charge in [-0.2, -0.15) is 0 Å². The van der Waals surface area contributed by atoms with Gasteiger partial charge in [-0.3, -0.25) is 0 Å². The molecule has 1 aliphatic carbocycles. The van der Waals surface area contributed by atoms with Gasteiger partial charge in [0, 0.05) is 28.9 Å². The highest BCUT2D eigenvalue weighted by Gasteiger charge is 2.18. The average molecular weight is 288 g/mol. The summed E-state index contributed by atoms with van der Waals surface area (Å²) in [4.78, 5) is 14.0. The first-order chi connectivity index (χ1) is 9.76. The molecule has 0 unspecified atom stereocenters. The fraction of sp³-hybridized carbons (Fsp3) is 0.533. The summed E-state index contributed by atoms with van der Waals surface area (Å²) in [6.07, 6.45) is 5.42. The Morgan fingerprint density at radius 2 is 2.05 bits per heavy atom. The molecule has 0 aliphatic heterocycles. The van der Waals surface area contributed by atoms with Crippen LogP contribution in [0.4, 0.5) is 5.82 Å². The summed E-state index contributed by atoms with van der Waals surface area (Å²) in [7, 11) is 0. The predicted octanol–water partition coefficient (Wildman–Crippen LogP) is 3.14. The van der Waals surface area contributed by atoms with Gasteiger partial charge in [-0.05, 0) is 39.5 Å². The Labute approximate surface area is 123 Å². The molecular weight excluding hydrogens is 268 g/mol. The number of nitrogens with zero attached hydrogens (tertiary/aromatic N) is 3. The van der Waals surface area contributed by atoms with Crippen LogP contribution < -0.4 is 5.32 Å². The van der Waals surface area contributed by atoms with Crippen LogP contribution in [0.1, 0.15) is 47.5 Å². The molecule has 0 saturated heterocycles. The Morgan fingerprint density at radius 3 is 2.80 bits per heavy atom. The van der Waals surface area contributed by atoms with Crippen LogP contribution in [0.15, 0.2) is 5.38 Å². The van der Waals surface area contributed by atoms with E-state index in [1.54, 1.807) is 11.3 Å². The zero-order valence-electron chi connectivity index (χ0n) is 12.1. The van der Waals surface area contributed by atoms with Gasteiger partial charge in [-0.25, -0.2) is 15.0 Å². The average Bonchev–Trinajstić information content (AvgIpc) is 2.84. The second kappa shape index (κ2) is 5.87. The van der Waals surface area contributed by atoms with Gasteiger partial charge in [0.25, 0.3) is 0 Å². The van der Waals surface area contributed by atoms with E-state index >= 15 is 0 Å². The van der Waals surface area contributed by atoms with E-state index < -0.39 is 0 Å². The largest absolute Gasteiger partial charge is 0.370 e. The van der Waals surface area contributed by atoms with Crippen molar-refractivity contribution in [2.75, 3.05) is 11.9 Å². The molecule has 2 heterocycles. The molecule has 4 nitrogen and oxygen atoms in total. The van der Waals surface area contributed by atoms with Gasteiger partial charge >= 0.3 is 0 Å². The fourth-order valence-corrected chi connectivity index (χ4v) is 3.43. The van der Waals surface area contributed by atoms with E-state index in [9.17, 15) is 0 Å². The molecule has 20 heavy (non-hydrogen) atoms. The van der Waals surface area contributed by atoms with Crippen LogP contribution in [0.5, 0.6) is 0 Å². The van der Waals surface area contributed by atoms with Gasteiger partial charge in [-0.1, -0.05) is 0 Å². The van der Waals surface area contributed by atoms with E-state index in [1.165, 1.54) is 24.1 Å². The van der Waals surface area contributed by atoms with Crippen molar-refractivity contribution in [3.8, 4) is 0 Å². The van der Waals surface area contributed by atoms with Crippen LogP contribution in [-0.2, 0) is 19.3 Å². The number of fused-ring (bicyclic) bond motifs is 1. The first-order valence-corrected chi connectivity index (χ1v) is 8.17. The van der Waals surface area contributed by atoms with Crippen LogP contribution >= 0.6 is 11.3 Å². The third kappa shape index (κ3) is 2.82. The normalized spacial score (nSPS) is 14.1. The lowest BCUT2D eigenvalue weighted by atomic mass is 9.96. The molecule has 0 aromatic carbocycles. The molecule has 3 rings (SSSR count). The molecular formula is C15H20N4S. The van der Waals surface area contributed by atoms with Crippen molar-refractivity contribution < 1.29 is 0 Å². The molecule has 0 radical (unpaired) electrons. The first-order valence-electron chi connectivity index (χ1n) is 7.30. The number of nitrogens with one attached hydrogen (secondary N) is 1. The molecule has 0 amide bonds. The van der Waals surface area contributed by atoms with Crippen molar-refractivity contribution in [2.45, 2.75) is 46.0 Å². The van der Waals surface area contributed by atoms with E-state index in [0.717, 1.165) is 48.2 Å². The minimum absolute atomic E-state index is 0.740. The lowest BCUT2D eigenvalue weighted by Crippen LogP contribution is -2.15. The van der Waals surface area contributed by atoms with E-state index in [4.69, 9.17) is 9.97 Å². The standard InChI is InChI=1S/C15H20N4S/c1-3-16-15-11-6-4-5-7-12(11)18-13(19-15)8-14-17-10(2)9-20-14/h9H,3-8H2,1-2H3,(H,16,18,19). The molecule has 106 valence electrons. The highest BCUT2D eigenvalue weighted by Crippen LogP contribution is 2.26. The van der Waals surface area contributed by atoms with Crippen molar-refractivity contribution in [1.82, 2.24) is 15.0 Å². The minimum atomic E-state index is 0.740. The summed E-state index contributed by atoms with van der Waals surface area (Å²) >= 11 is 1.69. The van der Waals surface area contributed by atoms with Gasteiger partial charge in [-0.15, -0.1) is 11.3 Å². The van der Waals surface area contributed by atoms with E-state index in [1.807, 2.05) is 6.92 Å². The third-order valence-corrected chi connectivity index (χ3v) is 4.52. The maximum atomic E-state index is 4.78. The summed E-state index contributed by atoms with van der Waals surface area (Å²) in [5.74, 6) is 1.94. The van der Waals surface area contributed by atoms with Crippen molar-refractivity contribution >= 4 is 17.2 Å². The second-order valence-corrected chi connectivity index (χ2v) is 6.15. The molecule has 5 heteroatoms. The van der Waals surface area contributed by atoms with Crippen LogP contribution in [0.3, 0.4) is 0 Å². The number of anilines is 1. The molecule has 1 N–H and O–H groups in total. The molecule has 0 spiro atoms. The van der Waals surface area contributed by atoms with Crippen molar-refractivity contribution in [3.63, 3.8) is 0 Å². The van der Waals surface area contributed by atoms with E-state index in [0.29, 0.717) is 0 Å². The molecule has 2 aromatic rings. The van der Waals surface area contributed by atoms with E-state index in [-0.39, 0.29) is 0 Å². The molecule has 0 saturated carbocycles. The van der Waals surface area contributed by atoms with Crippen molar-refractivity contribution in [1.29, 1.82) is 0 Å². The van der Waals surface area contributed by atoms with Gasteiger partial charge in [0.05, 0.1) is 6.42 Å². The number of hydrogen-bond donors (Lipinski definition) is 1. The Balaban J connectivity index is 1.92. The monoisotopic (exact) mass is 288 g/mol. The number of aryl methyl sites for hydroxylation is 2. The number of aromatic nitrogens is 3. The molecule has 0 atom stereocenters. The lowest BCUT2D eigenvalue weighted by Gasteiger charge is -2.19. The first kappa shape index (κ1) is 13.5. The Hall–Kier alpha value is -1.49. The Morgan fingerprint density at radius 1 is 1.20 bits per heavy atom. The maximum absolute atomic E-state index is 4.78. The maximum Gasteiger partial charge on any atom is 0.137 e. The predicted molar refractivity (Wildman–Crippen MR) is 82.5 cm³/mol.